The van der Waals surface area contributed by atoms with Crippen LogP contribution < -0.4 is 0 Å². The van der Waals surface area contributed by atoms with E-state index >= 15 is 0 Å². The predicted octanol–water partition coefficient (Wildman–Crippen LogP) is 27.6. The van der Waals surface area contributed by atoms with Gasteiger partial charge in [0.2, 0.25) is 0 Å². The summed E-state index contributed by atoms with van der Waals surface area (Å²) in [4.78, 5) is 74.6. The Labute approximate surface area is 790 Å². The van der Waals surface area contributed by atoms with Crippen LogP contribution in [-0.4, -0.2) is 82.1 Å². The summed E-state index contributed by atoms with van der Waals surface area (Å²) in [5.41, 5.74) is 12.9. The van der Waals surface area contributed by atoms with Gasteiger partial charge in [-0.1, -0.05) is 226 Å². The van der Waals surface area contributed by atoms with Gasteiger partial charge in [-0.15, -0.1) is 82.6 Å². The van der Waals surface area contributed by atoms with Crippen LogP contribution in [0, 0.1) is 50.7 Å². The number of hydrogen-bond acceptors (Lipinski definition) is 20. The molecule has 651 valence electrons. The minimum Gasteiger partial charge on any atom is -0.512 e. The molecule has 0 spiro atoms. The molecule has 24 heteroatoms. The molecular formula is C102H97Ir3N10O7S4-3. The van der Waals surface area contributed by atoms with E-state index in [1.807, 2.05) is 171 Å². The third-order valence-electron chi connectivity index (χ3n) is 20.2. The van der Waals surface area contributed by atoms with Crippen molar-refractivity contribution in [1.29, 1.82) is 0 Å². The molecule has 126 heavy (non-hydrogen) atoms. The van der Waals surface area contributed by atoms with E-state index in [1.165, 1.54) is 85.1 Å². The number of carbonyl (C=O) groups excluding carboxylic acids is 3. The molecule has 0 amide bonds. The van der Waals surface area contributed by atoms with E-state index in [0.29, 0.717) is 0 Å². The first kappa shape index (κ1) is 97.5. The molecule has 9 aromatic heterocycles. The van der Waals surface area contributed by atoms with E-state index in [-0.39, 0.29) is 111 Å². The van der Waals surface area contributed by atoms with Crippen LogP contribution in [0.1, 0.15) is 125 Å². The summed E-state index contributed by atoms with van der Waals surface area (Å²) in [6.07, 6.45) is 17.4. The minimum atomic E-state index is -0.417. The van der Waals surface area contributed by atoms with E-state index in [2.05, 4.69) is 202 Å². The van der Waals surface area contributed by atoms with Crippen molar-refractivity contribution in [3.8, 4) is 62.0 Å². The number of benzene rings is 9. The fraction of sp³-hybridized carbons (Fsp3) is 0.235. The maximum Gasteiger partial charge on any atom is 0.181 e. The van der Waals surface area contributed by atoms with E-state index in [9.17, 15) is 29.7 Å². The number of oxazole rings is 1. The van der Waals surface area contributed by atoms with Gasteiger partial charge in [0.1, 0.15) is 48.2 Å². The molecule has 0 aliphatic rings. The van der Waals surface area contributed by atoms with Crippen molar-refractivity contribution in [2.24, 2.45) is 32.5 Å². The minimum absolute atomic E-state index is 0. The van der Waals surface area contributed by atoms with Crippen LogP contribution in [0.25, 0.3) is 155 Å². The molecule has 17 nitrogen and oxygen atoms in total. The number of thiazole rings is 1. The van der Waals surface area contributed by atoms with E-state index < -0.39 is 16.2 Å². The van der Waals surface area contributed by atoms with Crippen LogP contribution in [0.2, 0.25) is 0 Å². The van der Waals surface area contributed by atoms with Gasteiger partial charge in [-0.25, -0.2) is 29.9 Å². The van der Waals surface area contributed by atoms with E-state index in [1.54, 1.807) is 83.1 Å². The fourth-order valence-electron chi connectivity index (χ4n) is 12.6. The molecule has 18 aromatic rings. The first-order chi connectivity index (χ1) is 58.3. The molecule has 0 atom stereocenters. The monoisotopic (exact) mass is 2280 g/mol. The third-order valence-corrected chi connectivity index (χ3v) is 24.4. The van der Waals surface area contributed by atoms with Crippen LogP contribution in [0.3, 0.4) is 0 Å². The van der Waals surface area contributed by atoms with Gasteiger partial charge in [0, 0.05) is 177 Å². The Hall–Kier alpha value is -10.7. The Morgan fingerprint density at radius 1 is 0.389 bits per heavy atom. The van der Waals surface area contributed by atoms with Crippen LogP contribution in [0.15, 0.2) is 265 Å². The second kappa shape index (κ2) is 40.5. The quantitative estimate of drug-likeness (QED) is 0.0691. The number of nitrogens with zero attached hydrogens (tertiary/aromatic N) is 10. The van der Waals surface area contributed by atoms with Crippen molar-refractivity contribution in [2.45, 2.75) is 125 Å². The van der Waals surface area contributed by atoms with Gasteiger partial charge in [0.25, 0.3) is 0 Å². The molecular weight excluding hydrogens is 2180 g/mol. The first-order valence-electron chi connectivity index (χ1n) is 40.1. The van der Waals surface area contributed by atoms with Gasteiger partial charge in [-0.2, -0.15) is 34.0 Å². The SMILES string of the molecule is CC(C)(C)C(=O)C=C(O)C(C)(C)C.CC(C)(C)C(=O)C=C(O)C(C)(C)C.CC(C)(C)C(=O)C=C(O)C(C)(C)C.[Ir].[Ir].[Ir].[c-]1ccc2c(sc3ccccc32)c1-c1ncnc2cc(-c3cocn3)ccc12.[c-]1ccc2c(sc3ccccc32)c1-c1ncnc2cc(-c3cscn3)ccc12.[c-]1ccc2c(sc3ccccc32)c1-c1ncnc2cc(-n3ccnc3)ccc12. The van der Waals surface area contributed by atoms with Crippen molar-refractivity contribution in [3.05, 3.63) is 279 Å². The molecule has 9 heterocycles. The fourth-order valence-corrected chi connectivity index (χ4v) is 16.8. The van der Waals surface area contributed by atoms with Gasteiger partial charge in [0.05, 0.1) is 34.1 Å². The Morgan fingerprint density at radius 2 is 0.746 bits per heavy atom. The average molecular weight is 2280 g/mol. The third kappa shape index (κ3) is 22.8. The second-order valence-corrected chi connectivity index (χ2v) is 39.7. The van der Waals surface area contributed by atoms with E-state index in [4.69, 9.17) is 4.42 Å². The number of thiophene rings is 3. The van der Waals surface area contributed by atoms with Crippen molar-refractivity contribution >= 4 is 156 Å². The van der Waals surface area contributed by atoms with Crippen molar-refractivity contribution in [1.82, 2.24) is 49.4 Å². The summed E-state index contributed by atoms with van der Waals surface area (Å²) in [7, 11) is 0. The van der Waals surface area contributed by atoms with Gasteiger partial charge in [-0.05, 0) is 88.9 Å². The normalized spacial score (nSPS) is 12.2. The Bertz CT molecular complexity index is 6350. The molecule has 0 saturated heterocycles. The zero-order chi connectivity index (χ0) is 88.1. The van der Waals surface area contributed by atoms with E-state index in [0.717, 1.165) is 94.7 Å². The number of aromatic nitrogens is 10. The maximum absolute atomic E-state index is 11.5. The number of fused-ring (bicyclic) bond motifs is 12. The van der Waals surface area contributed by atoms with Gasteiger partial charge in [0.15, 0.2) is 23.7 Å². The van der Waals surface area contributed by atoms with Crippen molar-refractivity contribution in [2.75, 3.05) is 0 Å². The summed E-state index contributed by atoms with van der Waals surface area (Å²) < 4.78 is 14.5. The van der Waals surface area contributed by atoms with Crippen molar-refractivity contribution in [3.63, 3.8) is 0 Å². The molecule has 0 saturated carbocycles. The topological polar surface area (TPSA) is 246 Å². The van der Waals surface area contributed by atoms with Gasteiger partial charge < -0.3 is 24.3 Å². The molecule has 9 aromatic carbocycles. The average Bonchev–Trinajstić information content (AvgIpc) is 1.59. The Morgan fingerprint density at radius 3 is 1.07 bits per heavy atom. The number of rotatable bonds is 9. The number of aliphatic hydroxyl groups is 3. The molecule has 0 aliphatic heterocycles. The molecule has 18 rings (SSSR count). The van der Waals surface area contributed by atoms with Crippen LogP contribution in [0.4, 0.5) is 0 Å². The number of hydrogen-bond donors (Lipinski definition) is 3. The van der Waals surface area contributed by atoms with Gasteiger partial charge in [-0.3, -0.25) is 29.3 Å². The molecule has 3 radical (unpaired) electrons. The standard InChI is InChI=1S/C23H13N4S.C23H12N3OS.C23H12N3S2.3C11H20O2.3Ir/c1-2-7-21-16(4-1)17-5-3-6-19(23(17)28-21)22-18-9-8-15(27-11-10-24-14-27)12-20(18)25-13-26-22;2*1-2-7-21-15(4-1)16-5-3-6-18(23(16)28-21)22-17-9-8-14(20-11-27-13-26-20)10-19(17)24-12-25-22;3*1-10(2,3)8(12)7-9(13)11(4,5)6;;;/h1-5,7-14H;2*1-5,7-13H;3*7,12H,1-6H3;;;/q3*-1;;;;;;. The van der Waals surface area contributed by atoms with Gasteiger partial charge >= 0.3 is 0 Å². The maximum atomic E-state index is 11.5. The van der Waals surface area contributed by atoms with Crippen molar-refractivity contribution < 1.29 is 94.4 Å². The number of aliphatic hydroxyl groups excluding tert-OH is 3. The Kier molecular flexibility index (Phi) is 31.3. The number of allylic oxidation sites excluding steroid dienone is 6. The molecule has 0 fully saturated rings. The predicted molar refractivity (Wildman–Crippen MR) is 508 cm³/mol. The summed E-state index contributed by atoms with van der Waals surface area (Å²) >= 11 is 6.96. The summed E-state index contributed by atoms with van der Waals surface area (Å²) in [6, 6.07) is 66.7. The molecule has 0 bridgehead atoms. The molecule has 0 aliphatic carbocycles. The second-order valence-electron chi connectivity index (χ2n) is 35.8. The zero-order valence-corrected chi connectivity index (χ0v) is 83.6. The first-order valence-corrected chi connectivity index (χ1v) is 43.5. The summed E-state index contributed by atoms with van der Waals surface area (Å²) in [5, 5.41) is 41.3. The number of carbonyl (C=O) groups is 3. The van der Waals surface area contributed by atoms with Crippen LogP contribution in [-0.2, 0) is 74.7 Å². The smallest absolute Gasteiger partial charge is 0.181 e. The molecule has 0 unspecified atom stereocenters. The largest absolute Gasteiger partial charge is 0.512 e. The van der Waals surface area contributed by atoms with Crippen LogP contribution in [0.5, 0.6) is 0 Å². The van der Waals surface area contributed by atoms with Crippen LogP contribution >= 0.6 is 45.3 Å². The number of imidazole rings is 1. The summed E-state index contributed by atoms with van der Waals surface area (Å²) in [6.45, 7) is 33.3. The number of ketones is 3. The Balaban J connectivity index is 0.000000163. The summed E-state index contributed by atoms with van der Waals surface area (Å²) in [5.74, 6) is 0.312. The molecule has 3 N–H and O–H groups in total. The zero-order valence-electron chi connectivity index (χ0n) is 73.2.